The predicted octanol–water partition coefficient (Wildman–Crippen LogP) is 3.58. The van der Waals surface area contributed by atoms with E-state index in [1.54, 1.807) is 30.3 Å². The molecule has 0 aliphatic rings. The molecule has 24 heavy (non-hydrogen) atoms. The summed E-state index contributed by atoms with van der Waals surface area (Å²) in [6.45, 7) is 0.309. The lowest BCUT2D eigenvalue weighted by Gasteiger charge is -2.11. The predicted molar refractivity (Wildman–Crippen MR) is 94.1 cm³/mol. The number of nitrogens with zero attached hydrogens (tertiary/aromatic N) is 1. The van der Waals surface area contributed by atoms with Gasteiger partial charge in [-0.25, -0.2) is 10.2 Å². The summed E-state index contributed by atoms with van der Waals surface area (Å²) in [6.07, 6.45) is 1.44. The average molecular weight is 368 g/mol. The highest BCUT2D eigenvalue weighted by molar-refractivity contribution is 6.42. The molecule has 6 nitrogen and oxygen atoms in total. The molecule has 126 valence electrons. The Kier molecular flexibility index (Phi) is 6.28. The topological polar surface area (TPSA) is 85.9 Å². The number of ether oxygens (including phenoxy) is 2. The molecule has 0 atom stereocenters. The van der Waals surface area contributed by atoms with E-state index >= 15 is 0 Å². The first-order valence-electron chi connectivity index (χ1n) is 6.83. The van der Waals surface area contributed by atoms with E-state index in [0.717, 1.165) is 5.56 Å². The molecule has 0 unspecified atom stereocenters. The lowest BCUT2D eigenvalue weighted by Crippen LogP contribution is -2.24. The zero-order chi connectivity index (χ0) is 17.5. The Bertz CT molecular complexity index is 766. The van der Waals surface area contributed by atoms with Crippen molar-refractivity contribution in [3.8, 4) is 11.5 Å². The maximum absolute atomic E-state index is 10.6. The fourth-order valence-corrected chi connectivity index (χ4v) is 2.17. The molecule has 8 heteroatoms. The number of carbonyl (C=O) groups excluding carboxylic acids is 1. The fraction of sp³-hybridized carbons (Fsp3) is 0.125. The van der Waals surface area contributed by atoms with Crippen LogP contribution in [0.4, 0.5) is 4.79 Å². The molecule has 0 aromatic heterocycles. The van der Waals surface area contributed by atoms with Gasteiger partial charge < -0.3 is 15.2 Å². The molecular formula is C16H15Cl2N3O3. The van der Waals surface area contributed by atoms with Gasteiger partial charge in [0.1, 0.15) is 6.61 Å². The largest absolute Gasteiger partial charge is 0.493 e. The summed E-state index contributed by atoms with van der Waals surface area (Å²) in [5.74, 6) is 1.08. The zero-order valence-corrected chi connectivity index (χ0v) is 14.3. The number of primary amides is 1. The summed E-state index contributed by atoms with van der Waals surface area (Å²) in [5.41, 5.74) is 8.63. The zero-order valence-electron chi connectivity index (χ0n) is 12.8. The summed E-state index contributed by atoms with van der Waals surface area (Å²) in [4.78, 5) is 10.6. The smallest absolute Gasteiger partial charge is 0.332 e. The number of carbonyl (C=O) groups is 1. The van der Waals surface area contributed by atoms with Crippen molar-refractivity contribution in [1.29, 1.82) is 0 Å². The van der Waals surface area contributed by atoms with Crippen LogP contribution >= 0.6 is 23.2 Å². The first kappa shape index (κ1) is 17.9. The number of nitrogens with two attached hydrogens (primary N) is 1. The Morgan fingerprint density at radius 3 is 2.67 bits per heavy atom. The number of methoxy groups -OCH3 is 1. The van der Waals surface area contributed by atoms with Crippen molar-refractivity contribution in [3.05, 3.63) is 57.6 Å². The van der Waals surface area contributed by atoms with Gasteiger partial charge in [-0.15, -0.1) is 0 Å². The molecule has 0 radical (unpaired) electrons. The van der Waals surface area contributed by atoms with Gasteiger partial charge in [-0.05, 0) is 41.5 Å². The van der Waals surface area contributed by atoms with Gasteiger partial charge in [-0.3, -0.25) is 0 Å². The average Bonchev–Trinajstić information content (AvgIpc) is 2.56. The molecule has 2 aromatic rings. The monoisotopic (exact) mass is 367 g/mol. The van der Waals surface area contributed by atoms with E-state index in [1.807, 2.05) is 6.07 Å². The minimum Gasteiger partial charge on any atom is -0.493 e. The summed E-state index contributed by atoms with van der Waals surface area (Å²) >= 11 is 11.9. The number of hydrogen-bond donors (Lipinski definition) is 2. The molecule has 2 amide bonds. The SMILES string of the molecule is COc1cc(/C=N\NC(N)=O)ccc1OCc1ccc(Cl)c(Cl)c1. The minimum atomic E-state index is -0.736. The van der Waals surface area contributed by atoms with E-state index in [9.17, 15) is 4.79 Å². The van der Waals surface area contributed by atoms with Gasteiger partial charge in [0, 0.05) is 0 Å². The van der Waals surface area contributed by atoms with Crippen LogP contribution in [0.3, 0.4) is 0 Å². The van der Waals surface area contributed by atoms with Crippen LogP contribution in [0.1, 0.15) is 11.1 Å². The normalized spacial score (nSPS) is 10.6. The highest BCUT2D eigenvalue weighted by Gasteiger charge is 2.07. The molecule has 0 aliphatic carbocycles. The van der Waals surface area contributed by atoms with Crippen LogP contribution in [-0.2, 0) is 6.61 Å². The Morgan fingerprint density at radius 2 is 2.00 bits per heavy atom. The maximum Gasteiger partial charge on any atom is 0.332 e. The van der Waals surface area contributed by atoms with Gasteiger partial charge in [0.15, 0.2) is 11.5 Å². The standard InChI is InChI=1S/C16H15Cl2N3O3/c1-23-15-7-10(8-20-21-16(19)22)3-5-14(15)24-9-11-2-4-12(17)13(18)6-11/h2-8H,9H2,1H3,(H3,19,21,22)/b20-8-. The van der Waals surface area contributed by atoms with Crippen molar-refractivity contribution in [2.24, 2.45) is 10.8 Å². The van der Waals surface area contributed by atoms with Gasteiger partial charge in [0.2, 0.25) is 0 Å². The van der Waals surface area contributed by atoms with E-state index < -0.39 is 6.03 Å². The second-order valence-electron chi connectivity index (χ2n) is 4.68. The maximum atomic E-state index is 10.6. The second kappa shape index (κ2) is 8.42. The van der Waals surface area contributed by atoms with Crippen LogP contribution < -0.4 is 20.6 Å². The lowest BCUT2D eigenvalue weighted by molar-refractivity contribution is 0.249. The first-order valence-corrected chi connectivity index (χ1v) is 7.58. The second-order valence-corrected chi connectivity index (χ2v) is 5.50. The Balaban J connectivity index is 2.08. The van der Waals surface area contributed by atoms with Crippen molar-refractivity contribution in [3.63, 3.8) is 0 Å². The van der Waals surface area contributed by atoms with Crippen LogP contribution in [0.2, 0.25) is 10.0 Å². The highest BCUT2D eigenvalue weighted by atomic mass is 35.5. The third-order valence-corrected chi connectivity index (χ3v) is 3.69. The molecule has 2 rings (SSSR count). The highest BCUT2D eigenvalue weighted by Crippen LogP contribution is 2.29. The number of hydrogen-bond acceptors (Lipinski definition) is 4. The minimum absolute atomic E-state index is 0.309. The molecule has 0 saturated carbocycles. The number of urea groups is 1. The summed E-state index contributed by atoms with van der Waals surface area (Å²) in [6, 6.07) is 9.77. The molecule has 2 aromatic carbocycles. The Morgan fingerprint density at radius 1 is 1.21 bits per heavy atom. The van der Waals surface area contributed by atoms with E-state index in [0.29, 0.717) is 33.7 Å². The van der Waals surface area contributed by atoms with Crippen molar-refractivity contribution < 1.29 is 14.3 Å². The van der Waals surface area contributed by atoms with Crippen LogP contribution in [0, 0.1) is 0 Å². The van der Waals surface area contributed by atoms with Crippen molar-refractivity contribution in [1.82, 2.24) is 5.43 Å². The van der Waals surface area contributed by atoms with Crippen LogP contribution in [0.15, 0.2) is 41.5 Å². The van der Waals surface area contributed by atoms with E-state index in [1.165, 1.54) is 13.3 Å². The molecule has 0 heterocycles. The number of amides is 2. The molecule has 0 fully saturated rings. The number of nitrogens with one attached hydrogen (secondary N) is 1. The lowest BCUT2D eigenvalue weighted by atomic mass is 10.2. The van der Waals surface area contributed by atoms with Crippen molar-refractivity contribution >= 4 is 35.4 Å². The Hall–Kier alpha value is -2.44. The number of hydrazone groups is 1. The fourth-order valence-electron chi connectivity index (χ4n) is 1.84. The molecule has 0 bridgehead atoms. The molecule has 0 spiro atoms. The van der Waals surface area contributed by atoms with E-state index in [-0.39, 0.29) is 0 Å². The van der Waals surface area contributed by atoms with Crippen LogP contribution in [0.5, 0.6) is 11.5 Å². The van der Waals surface area contributed by atoms with Crippen LogP contribution in [0.25, 0.3) is 0 Å². The molecule has 0 aliphatic heterocycles. The first-order chi connectivity index (χ1) is 11.5. The number of benzene rings is 2. The van der Waals surface area contributed by atoms with Crippen molar-refractivity contribution in [2.75, 3.05) is 7.11 Å². The summed E-state index contributed by atoms with van der Waals surface area (Å²) < 4.78 is 11.0. The summed E-state index contributed by atoms with van der Waals surface area (Å²) in [7, 11) is 1.53. The van der Waals surface area contributed by atoms with E-state index in [2.05, 4.69) is 10.5 Å². The third-order valence-electron chi connectivity index (χ3n) is 2.95. The quantitative estimate of drug-likeness (QED) is 0.604. The molecule has 0 saturated heterocycles. The number of halogens is 2. The van der Waals surface area contributed by atoms with Crippen LogP contribution in [-0.4, -0.2) is 19.4 Å². The van der Waals surface area contributed by atoms with Gasteiger partial charge in [-0.2, -0.15) is 5.10 Å². The number of rotatable bonds is 6. The third kappa shape index (κ3) is 5.04. The molecule has 3 N–H and O–H groups in total. The van der Waals surface area contributed by atoms with Gasteiger partial charge in [0.25, 0.3) is 0 Å². The van der Waals surface area contributed by atoms with Crippen molar-refractivity contribution in [2.45, 2.75) is 6.61 Å². The van der Waals surface area contributed by atoms with Gasteiger partial charge >= 0.3 is 6.03 Å². The van der Waals surface area contributed by atoms with Gasteiger partial charge in [0.05, 0.1) is 23.4 Å². The van der Waals surface area contributed by atoms with E-state index in [4.69, 9.17) is 38.4 Å². The Labute approximate surface area is 149 Å². The van der Waals surface area contributed by atoms with Gasteiger partial charge in [-0.1, -0.05) is 29.3 Å². The summed E-state index contributed by atoms with van der Waals surface area (Å²) in [5, 5.41) is 4.65. The molecular weight excluding hydrogens is 353 g/mol.